The Bertz CT molecular complexity index is 1550. The smallest absolute Gasteiger partial charge is 0.350 e. The zero-order chi connectivity index (χ0) is 25.1. The predicted octanol–water partition coefficient (Wildman–Crippen LogP) is 2.16. The number of nitrogens with one attached hydrogen (secondary N) is 2. The molecule has 0 fully saturated rings. The lowest BCUT2D eigenvalue weighted by molar-refractivity contribution is -0.117. The fourth-order valence-electron chi connectivity index (χ4n) is 3.72. The van der Waals surface area contributed by atoms with Gasteiger partial charge in [-0.3, -0.25) is 19.0 Å². The van der Waals surface area contributed by atoms with Crippen LogP contribution in [0.5, 0.6) is 0 Å². The molecule has 180 valence electrons. The van der Waals surface area contributed by atoms with E-state index in [0.717, 1.165) is 11.1 Å². The van der Waals surface area contributed by atoms with Gasteiger partial charge in [-0.15, -0.1) is 11.7 Å². The number of allylic oxidation sites excluding steroid dienone is 1. The van der Waals surface area contributed by atoms with Gasteiger partial charge in [-0.05, 0) is 43.7 Å². The minimum Gasteiger partial charge on any atom is -0.350 e. The highest BCUT2D eigenvalue weighted by Gasteiger charge is 2.20. The number of para-hydroxylation sites is 1. The number of carbonyl (C=O) groups excluding carboxylic acids is 2. The Morgan fingerprint density at radius 2 is 1.89 bits per heavy atom. The van der Waals surface area contributed by atoms with Gasteiger partial charge in [-0.2, -0.15) is 0 Å². The quantitative estimate of drug-likeness (QED) is 0.379. The molecule has 0 aliphatic heterocycles. The van der Waals surface area contributed by atoms with E-state index in [-0.39, 0.29) is 47.3 Å². The number of hydrogen-bond acceptors (Lipinski definition) is 5. The molecule has 4 rings (SSSR count). The van der Waals surface area contributed by atoms with Crippen LogP contribution in [0.25, 0.3) is 16.7 Å². The monoisotopic (exact) mass is 474 g/mol. The van der Waals surface area contributed by atoms with Gasteiger partial charge in [0.1, 0.15) is 6.54 Å². The SMILES string of the molecule is C=CCn1c(=O)c2ccc(C(=O)NC(C)CC)cc2n2c(=O)n(CC(=O)Nc3ccccc3)nc12. The first-order valence-corrected chi connectivity index (χ1v) is 11.3. The van der Waals surface area contributed by atoms with Crippen molar-refractivity contribution in [2.24, 2.45) is 0 Å². The summed E-state index contributed by atoms with van der Waals surface area (Å²) in [7, 11) is 0. The minimum atomic E-state index is -0.606. The number of hydrogen-bond donors (Lipinski definition) is 2. The molecule has 0 bridgehead atoms. The molecule has 0 saturated carbocycles. The maximum Gasteiger partial charge on any atom is 0.352 e. The predicted molar refractivity (Wildman–Crippen MR) is 134 cm³/mol. The van der Waals surface area contributed by atoms with Gasteiger partial charge in [0.25, 0.3) is 11.5 Å². The third-order valence-electron chi connectivity index (χ3n) is 5.69. The molecule has 2 N–H and O–H groups in total. The van der Waals surface area contributed by atoms with E-state index in [0.29, 0.717) is 11.3 Å². The normalized spacial score (nSPS) is 11.9. The summed E-state index contributed by atoms with van der Waals surface area (Å²) in [6.07, 6.45) is 2.28. The molecule has 1 atom stereocenters. The van der Waals surface area contributed by atoms with Crippen LogP contribution < -0.4 is 21.9 Å². The third kappa shape index (κ3) is 4.63. The molecule has 0 spiro atoms. The third-order valence-corrected chi connectivity index (χ3v) is 5.69. The van der Waals surface area contributed by atoms with Crippen LogP contribution in [0.15, 0.2) is 70.8 Å². The highest BCUT2D eigenvalue weighted by Crippen LogP contribution is 2.15. The van der Waals surface area contributed by atoms with E-state index >= 15 is 0 Å². The summed E-state index contributed by atoms with van der Waals surface area (Å²) < 4.78 is 3.55. The summed E-state index contributed by atoms with van der Waals surface area (Å²) in [6.45, 7) is 7.29. The van der Waals surface area contributed by atoms with Crippen LogP contribution in [0.2, 0.25) is 0 Å². The van der Waals surface area contributed by atoms with Crippen LogP contribution in [-0.2, 0) is 17.9 Å². The van der Waals surface area contributed by atoms with Crippen molar-refractivity contribution in [1.29, 1.82) is 0 Å². The van der Waals surface area contributed by atoms with E-state index in [1.54, 1.807) is 30.3 Å². The van der Waals surface area contributed by atoms with E-state index in [1.165, 1.54) is 27.2 Å². The second kappa shape index (κ2) is 9.80. The molecular formula is C25H26N6O4. The van der Waals surface area contributed by atoms with E-state index in [1.807, 2.05) is 19.9 Å². The molecule has 35 heavy (non-hydrogen) atoms. The molecule has 0 aliphatic rings. The van der Waals surface area contributed by atoms with E-state index in [9.17, 15) is 19.2 Å². The van der Waals surface area contributed by atoms with Crippen molar-refractivity contribution in [1.82, 2.24) is 24.1 Å². The number of anilines is 1. The van der Waals surface area contributed by atoms with Crippen LogP contribution in [0.1, 0.15) is 30.6 Å². The van der Waals surface area contributed by atoms with Crippen molar-refractivity contribution in [3.8, 4) is 0 Å². The highest BCUT2D eigenvalue weighted by atomic mass is 16.2. The second-order valence-corrected chi connectivity index (χ2v) is 8.21. The van der Waals surface area contributed by atoms with Gasteiger partial charge in [0.05, 0.1) is 10.9 Å². The Labute approximate surface area is 200 Å². The van der Waals surface area contributed by atoms with Crippen molar-refractivity contribution in [3.63, 3.8) is 0 Å². The Morgan fingerprint density at radius 3 is 2.57 bits per heavy atom. The molecule has 0 aliphatic carbocycles. The summed E-state index contributed by atoms with van der Waals surface area (Å²) in [6, 6.07) is 13.4. The van der Waals surface area contributed by atoms with Gasteiger partial charge >= 0.3 is 5.69 Å². The van der Waals surface area contributed by atoms with Crippen LogP contribution in [0.3, 0.4) is 0 Å². The van der Waals surface area contributed by atoms with Crippen LogP contribution >= 0.6 is 0 Å². The lowest BCUT2D eigenvalue weighted by atomic mass is 10.1. The molecule has 2 aromatic heterocycles. The lowest BCUT2D eigenvalue weighted by Gasteiger charge is -2.12. The Hall–Kier alpha value is -4.47. The van der Waals surface area contributed by atoms with Crippen molar-refractivity contribution in [2.45, 2.75) is 39.4 Å². The zero-order valence-electron chi connectivity index (χ0n) is 19.5. The highest BCUT2D eigenvalue weighted by molar-refractivity contribution is 5.98. The standard InChI is InChI=1S/C25H26N6O4/c1-4-13-29-23(34)19-12-11-17(22(33)26-16(3)5-2)14-20(19)31-24(29)28-30(25(31)35)15-21(32)27-18-9-7-6-8-10-18/h4,6-12,14,16H,1,5,13,15H2,2-3H3,(H,26,33)(H,27,32). The molecule has 10 heteroatoms. The maximum absolute atomic E-state index is 13.3. The molecule has 2 heterocycles. The first kappa shape index (κ1) is 23.7. The van der Waals surface area contributed by atoms with Crippen molar-refractivity contribution in [2.75, 3.05) is 5.32 Å². The lowest BCUT2D eigenvalue weighted by Crippen LogP contribution is -2.32. The average Bonchev–Trinajstić information content (AvgIpc) is 3.17. The molecule has 4 aromatic rings. The van der Waals surface area contributed by atoms with Gasteiger partial charge in [-0.1, -0.05) is 31.2 Å². The van der Waals surface area contributed by atoms with Crippen molar-refractivity contribution < 1.29 is 9.59 Å². The van der Waals surface area contributed by atoms with Crippen molar-refractivity contribution in [3.05, 3.63) is 87.6 Å². The number of aromatic nitrogens is 4. The average molecular weight is 475 g/mol. The summed E-state index contributed by atoms with van der Waals surface area (Å²) in [5, 5.41) is 10.1. The van der Waals surface area contributed by atoms with E-state index < -0.39 is 11.6 Å². The molecule has 10 nitrogen and oxygen atoms in total. The number of carbonyl (C=O) groups is 2. The van der Waals surface area contributed by atoms with Gasteiger partial charge in [0.2, 0.25) is 11.7 Å². The van der Waals surface area contributed by atoms with Crippen LogP contribution in [0.4, 0.5) is 5.69 Å². The maximum atomic E-state index is 13.3. The largest absolute Gasteiger partial charge is 0.352 e. The van der Waals surface area contributed by atoms with E-state index in [2.05, 4.69) is 22.3 Å². The molecule has 0 saturated heterocycles. The van der Waals surface area contributed by atoms with E-state index in [4.69, 9.17) is 0 Å². The number of rotatable bonds is 8. The summed E-state index contributed by atoms with van der Waals surface area (Å²) >= 11 is 0. The van der Waals surface area contributed by atoms with Crippen LogP contribution in [0, 0.1) is 0 Å². The number of fused-ring (bicyclic) bond motifs is 3. The number of benzene rings is 2. The number of amides is 2. The molecule has 0 radical (unpaired) electrons. The molecule has 2 aromatic carbocycles. The first-order chi connectivity index (χ1) is 16.8. The zero-order valence-corrected chi connectivity index (χ0v) is 19.5. The Kier molecular flexibility index (Phi) is 6.63. The molecular weight excluding hydrogens is 448 g/mol. The Morgan fingerprint density at radius 1 is 1.14 bits per heavy atom. The molecule has 2 amide bonds. The van der Waals surface area contributed by atoms with Gasteiger partial charge in [-0.25, -0.2) is 13.9 Å². The summed E-state index contributed by atoms with van der Waals surface area (Å²) in [4.78, 5) is 51.8. The minimum absolute atomic E-state index is 0.0348. The molecule has 1 unspecified atom stereocenters. The van der Waals surface area contributed by atoms with Crippen LogP contribution in [-0.4, -0.2) is 36.6 Å². The van der Waals surface area contributed by atoms with Gasteiger partial charge in [0, 0.05) is 23.8 Å². The van der Waals surface area contributed by atoms with Crippen molar-refractivity contribution >= 4 is 34.2 Å². The summed E-state index contributed by atoms with van der Waals surface area (Å²) in [5.74, 6) is -0.705. The number of nitrogens with zero attached hydrogens (tertiary/aromatic N) is 4. The topological polar surface area (TPSA) is 120 Å². The fourth-order valence-corrected chi connectivity index (χ4v) is 3.72. The Balaban J connectivity index is 1.84. The van der Waals surface area contributed by atoms with Gasteiger partial charge < -0.3 is 10.6 Å². The second-order valence-electron chi connectivity index (χ2n) is 8.21. The summed E-state index contributed by atoms with van der Waals surface area (Å²) in [5.41, 5.74) is 0.140. The first-order valence-electron chi connectivity index (χ1n) is 11.3. The fraction of sp³-hybridized carbons (Fsp3) is 0.240. The van der Waals surface area contributed by atoms with Gasteiger partial charge in [0.15, 0.2) is 0 Å².